The van der Waals surface area contributed by atoms with Crippen LogP contribution in [-0.2, 0) is 4.79 Å². The van der Waals surface area contributed by atoms with Crippen LogP contribution in [0, 0.1) is 0 Å². The van der Waals surface area contributed by atoms with Crippen LogP contribution in [0.25, 0.3) is 11.5 Å². The fourth-order valence-electron chi connectivity index (χ4n) is 3.34. The predicted octanol–water partition coefficient (Wildman–Crippen LogP) is 2.48. The lowest BCUT2D eigenvalue weighted by Gasteiger charge is -2.31. The number of likely N-dealkylation sites (tertiary alicyclic amines) is 1. The van der Waals surface area contributed by atoms with Gasteiger partial charge in [-0.25, -0.2) is 4.98 Å². The van der Waals surface area contributed by atoms with E-state index >= 15 is 0 Å². The van der Waals surface area contributed by atoms with Crippen molar-refractivity contribution < 1.29 is 9.59 Å². The van der Waals surface area contributed by atoms with E-state index in [0.717, 1.165) is 0 Å². The van der Waals surface area contributed by atoms with Crippen molar-refractivity contribution in [3.05, 3.63) is 68.9 Å². The first-order valence-electron chi connectivity index (χ1n) is 9.01. The Morgan fingerprint density at radius 1 is 1.14 bits per heavy atom. The minimum absolute atomic E-state index is 0.0608. The standard InChI is InChI=1S/C20H18N4O3S/c25-17-12-15(22-19(23-17)14-4-1-2-8-21-14)13-6-9-24(10-7-13)20(27)18(26)16-5-3-11-28-16/h1-5,8,11-13H,6-7,9-10H2,(H,22,23,25). The van der Waals surface area contributed by atoms with Crippen LogP contribution in [0.1, 0.15) is 34.1 Å². The zero-order chi connectivity index (χ0) is 19.5. The second kappa shape index (κ2) is 7.85. The van der Waals surface area contributed by atoms with Gasteiger partial charge in [0.1, 0.15) is 5.69 Å². The second-order valence-electron chi connectivity index (χ2n) is 6.61. The van der Waals surface area contributed by atoms with Gasteiger partial charge in [-0.3, -0.25) is 19.4 Å². The monoisotopic (exact) mass is 394 g/mol. The zero-order valence-corrected chi connectivity index (χ0v) is 15.8. The van der Waals surface area contributed by atoms with Crippen LogP contribution in [0.4, 0.5) is 0 Å². The van der Waals surface area contributed by atoms with Gasteiger partial charge in [0.25, 0.3) is 17.2 Å². The molecule has 0 radical (unpaired) electrons. The van der Waals surface area contributed by atoms with E-state index in [2.05, 4.69) is 15.0 Å². The van der Waals surface area contributed by atoms with Crippen molar-refractivity contribution in [3.63, 3.8) is 0 Å². The highest BCUT2D eigenvalue weighted by atomic mass is 32.1. The summed E-state index contributed by atoms with van der Waals surface area (Å²) in [6.07, 6.45) is 2.96. The number of nitrogens with zero attached hydrogens (tertiary/aromatic N) is 3. The Morgan fingerprint density at radius 2 is 1.96 bits per heavy atom. The van der Waals surface area contributed by atoms with E-state index in [-0.39, 0.29) is 11.5 Å². The number of piperidine rings is 1. The van der Waals surface area contributed by atoms with Crippen molar-refractivity contribution in [2.75, 3.05) is 13.1 Å². The van der Waals surface area contributed by atoms with Crippen LogP contribution >= 0.6 is 11.3 Å². The van der Waals surface area contributed by atoms with E-state index in [9.17, 15) is 14.4 Å². The van der Waals surface area contributed by atoms with Gasteiger partial charge >= 0.3 is 0 Å². The SMILES string of the molecule is O=C(C(=O)N1CCC(c2cc(=O)[nH]c(-c3ccccn3)n2)CC1)c1cccs1. The number of ketones is 1. The maximum atomic E-state index is 12.4. The molecule has 1 amide bonds. The van der Waals surface area contributed by atoms with Gasteiger partial charge in [-0.2, -0.15) is 0 Å². The molecule has 1 aliphatic rings. The molecule has 8 heteroatoms. The van der Waals surface area contributed by atoms with Crippen molar-refractivity contribution >= 4 is 23.0 Å². The van der Waals surface area contributed by atoms with Gasteiger partial charge in [-0.05, 0) is 36.4 Å². The summed E-state index contributed by atoms with van der Waals surface area (Å²) in [7, 11) is 0. The molecule has 7 nitrogen and oxygen atoms in total. The van der Waals surface area contributed by atoms with Crippen molar-refractivity contribution in [2.45, 2.75) is 18.8 Å². The quantitative estimate of drug-likeness (QED) is 0.542. The third-order valence-corrected chi connectivity index (χ3v) is 5.68. The predicted molar refractivity (Wildman–Crippen MR) is 105 cm³/mol. The van der Waals surface area contributed by atoms with E-state index in [1.54, 1.807) is 40.7 Å². The van der Waals surface area contributed by atoms with Gasteiger partial charge in [0, 0.05) is 31.3 Å². The molecule has 0 unspecified atom stereocenters. The number of rotatable bonds is 4. The van der Waals surface area contributed by atoms with E-state index < -0.39 is 11.7 Å². The lowest BCUT2D eigenvalue weighted by Crippen LogP contribution is -2.41. The third kappa shape index (κ3) is 3.77. The van der Waals surface area contributed by atoms with E-state index in [4.69, 9.17) is 0 Å². The van der Waals surface area contributed by atoms with Crippen LogP contribution in [0.15, 0.2) is 52.8 Å². The number of hydrogen-bond donors (Lipinski definition) is 1. The van der Waals surface area contributed by atoms with E-state index in [1.165, 1.54) is 17.4 Å². The fourth-order valence-corrected chi connectivity index (χ4v) is 4.00. The minimum atomic E-state index is -0.464. The van der Waals surface area contributed by atoms with Gasteiger partial charge in [0.15, 0.2) is 5.82 Å². The molecule has 1 aliphatic heterocycles. The highest BCUT2D eigenvalue weighted by Gasteiger charge is 2.29. The topological polar surface area (TPSA) is 96.0 Å². The number of carbonyl (C=O) groups excluding carboxylic acids is 2. The van der Waals surface area contributed by atoms with Crippen molar-refractivity contribution in [1.29, 1.82) is 0 Å². The number of thiophene rings is 1. The second-order valence-corrected chi connectivity index (χ2v) is 7.55. The maximum absolute atomic E-state index is 12.4. The molecule has 3 aromatic heterocycles. The number of Topliss-reactive ketones (excluding diaryl/α,β-unsaturated/α-hetero) is 1. The number of amides is 1. The molecule has 4 rings (SSSR count). The van der Waals surface area contributed by atoms with Gasteiger partial charge in [-0.15, -0.1) is 11.3 Å². The Hall–Kier alpha value is -3.13. The molecule has 28 heavy (non-hydrogen) atoms. The molecule has 0 aliphatic carbocycles. The molecule has 142 valence electrons. The van der Waals surface area contributed by atoms with Crippen molar-refractivity contribution in [2.24, 2.45) is 0 Å². The summed E-state index contributed by atoms with van der Waals surface area (Å²) in [5, 5.41) is 1.78. The minimum Gasteiger partial charge on any atom is -0.336 e. The van der Waals surface area contributed by atoms with Crippen LogP contribution in [0.5, 0.6) is 0 Å². The first kappa shape index (κ1) is 18.2. The zero-order valence-electron chi connectivity index (χ0n) is 15.0. The molecule has 0 saturated carbocycles. The summed E-state index contributed by atoms with van der Waals surface area (Å²) in [5.74, 6) is -0.422. The summed E-state index contributed by atoms with van der Waals surface area (Å²) >= 11 is 1.27. The maximum Gasteiger partial charge on any atom is 0.295 e. The van der Waals surface area contributed by atoms with Crippen molar-refractivity contribution in [3.8, 4) is 11.5 Å². The highest BCUT2D eigenvalue weighted by molar-refractivity contribution is 7.13. The average Bonchev–Trinajstić information content (AvgIpc) is 3.28. The summed E-state index contributed by atoms with van der Waals surface area (Å²) in [6.45, 7) is 0.933. The highest BCUT2D eigenvalue weighted by Crippen LogP contribution is 2.27. The Balaban J connectivity index is 1.47. The van der Waals surface area contributed by atoms with E-state index in [1.807, 2.05) is 6.07 Å². The fraction of sp³-hybridized carbons (Fsp3) is 0.250. The van der Waals surface area contributed by atoms with Gasteiger partial charge in [-0.1, -0.05) is 12.1 Å². The first-order chi connectivity index (χ1) is 13.6. The molecule has 1 saturated heterocycles. The lowest BCUT2D eigenvalue weighted by molar-refractivity contribution is -0.127. The van der Waals surface area contributed by atoms with E-state index in [0.29, 0.717) is 48.0 Å². The average molecular weight is 394 g/mol. The largest absolute Gasteiger partial charge is 0.336 e. The summed E-state index contributed by atoms with van der Waals surface area (Å²) in [4.78, 5) is 50.4. The molecular formula is C20H18N4O3S. The lowest BCUT2D eigenvalue weighted by atomic mass is 9.93. The van der Waals surface area contributed by atoms with Gasteiger partial charge < -0.3 is 9.88 Å². The summed E-state index contributed by atoms with van der Waals surface area (Å²) in [6, 6.07) is 10.4. The smallest absolute Gasteiger partial charge is 0.295 e. The molecular weight excluding hydrogens is 376 g/mol. The molecule has 3 aromatic rings. The number of aromatic amines is 1. The molecule has 0 atom stereocenters. The number of hydrogen-bond acceptors (Lipinski definition) is 6. The normalized spacial score (nSPS) is 14.8. The third-order valence-electron chi connectivity index (χ3n) is 4.81. The molecule has 0 spiro atoms. The Morgan fingerprint density at radius 3 is 2.64 bits per heavy atom. The Labute approximate surface area is 165 Å². The molecule has 0 aromatic carbocycles. The van der Waals surface area contributed by atoms with Crippen LogP contribution < -0.4 is 5.56 Å². The molecule has 1 N–H and O–H groups in total. The van der Waals surface area contributed by atoms with Crippen molar-refractivity contribution in [1.82, 2.24) is 19.9 Å². The molecule has 1 fully saturated rings. The number of aromatic nitrogens is 3. The van der Waals surface area contributed by atoms with Crippen LogP contribution in [-0.4, -0.2) is 44.6 Å². The number of nitrogens with one attached hydrogen (secondary N) is 1. The van der Waals surface area contributed by atoms with Crippen LogP contribution in [0.2, 0.25) is 0 Å². The number of pyridine rings is 1. The number of H-pyrrole nitrogens is 1. The van der Waals surface area contributed by atoms with Crippen LogP contribution in [0.3, 0.4) is 0 Å². The van der Waals surface area contributed by atoms with Gasteiger partial charge in [0.2, 0.25) is 0 Å². The number of carbonyl (C=O) groups is 2. The first-order valence-corrected chi connectivity index (χ1v) is 9.89. The Kier molecular flexibility index (Phi) is 5.12. The summed E-state index contributed by atoms with van der Waals surface area (Å²) < 4.78 is 0. The van der Waals surface area contributed by atoms with Gasteiger partial charge in [0.05, 0.1) is 10.6 Å². The summed E-state index contributed by atoms with van der Waals surface area (Å²) in [5.41, 5.74) is 1.08. The molecule has 0 bridgehead atoms. The Bertz CT molecular complexity index is 1040. The molecule has 4 heterocycles.